The first-order valence-electron chi connectivity index (χ1n) is 2.48. The van der Waals surface area contributed by atoms with E-state index < -0.39 is 16.6 Å². The second-order valence-electron chi connectivity index (χ2n) is 1.41. The van der Waals surface area contributed by atoms with Gasteiger partial charge in [-0.05, 0) is 0 Å². The Morgan fingerprint density at radius 2 is 2.33 bits per heavy atom. The third-order valence-electron chi connectivity index (χ3n) is 0.739. The van der Waals surface area contributed by atoms with E-state index >= 15 is 0 Å². The normalized spacial score (nSPS) is 12.0. The van der Waals surface area contributed by atoms with Gasteiger partial charge >= 0.3 is 0 Å². The highest BCUT2D eigenvalue weighted by molar-refractivity contribution is 7.85. The van der Waals surface area contributed by atoms with Gasteiger partial charge in [0.25, 0.3) is 0 Å². The number of nitrogens with zero attached hydrogens (tertiary/aromatic N) is 1. The predicted octanol–water partition coefficient (Wildman–Crippen LogP) is -0.152. The van der Waals surface area contributed by atoms with Crippen LogP contribution in [-0.4, -0.2) is 21.5 Å². The van der Waals surface area contributed by atoms with E-state index in [1.54, 1.807) is 6.92 Å². The van der Waals surface area contributed by atoms with Crippen molar-refractivity contribution in [2.24, 2.45) is 0 Å². The molecule has 0 aliphatic rings. The Morgan fingerprint density at radius 1 is 1.78 bits per heavy atom. The van der Waals surface area contributed by atoms with Crippen LogP contribution in [-0.2, 0) is 15.6 Å². The van der Waals surface area contributed by atoms with Crippen LogP contribution in [0.3, 0.4) is 0 Å². The number of hydrogen-bond donors (Lipinski definition) is 0. The van der Waals surface area contributed by atoms with Crippen molar-refractivity contribution in [1.29, 1.82) is 5.26 Å². The number of nitriles is 1. The first-order valence-corrected chi connectivity index (χ1v) is 3.97. The van der Waals surface area contributed by atoms with Crippen LogP contribution in [0.4, 0.5) is 0 Å². The van der Waals surface area contributed by atoms with Gasteiger partial charge in [-0.1, -0.05) is 6.92 Å². The zero-order valence-electron chi connectivity index (χ0n) is 5.09. The largest absolute Gasteiger partial charge is 0.282 e. The molecule has 0 saturated heterocycles. The minimum atomic E-state index is -1.13. The van der Waals surface area contributed by atoms with Crippen molar-refractivity contribution in [2.45, 2.75) is 6.92 Å². The summed E-state index contributed by atoms with van der Waals surface area (Å²) in [7, 11) is -1.13. The van der Waals surface area contributed by atoms with E-state index in [1.807, 2.05) is 0 Å². The van der Waals surface area contributed by atoms with Gasteiger partial charge in [-0.3, -0.25) is 9.00 Å². The summed E-state index contributed by atoms with van der Waals surface area (Å²) in [5.41, 5.74) is 0. The third kappa shape index (κ3) is 3.86. The molecule has 0 aromatic carbocycles. The maximum absolute atomic E-state index is 10.5. The van der Waals surface area contributed by atoms with Gasteiger partial charge in [-0.25, -0.2) is 0 Å². The molecule has 1 atom stereocenters. The lowest BCUT2D eigenvalue weighted by molar-refractivity contribution is -0.111. The molecule has 0 spiro atoms. The lowest BCUT2D eigenvalue weighted by Crippen LogP contribution is -2.08. The molecule has 0 N–H and O–H groups in total. The van der Waals surface area contributed by atoms with Crippen LogP contribution in [0.5, 0.6) is 0 Å². The number of ketones is 1. The van der Waals surface area contributed by atoms with Crippen molar-refractivity contribution in [3.8, 4) is 6.07 Å². The molecule has 0 heterocycles. The molecule has 0 aromatic heterocycles. The second-order valence-corrected chi connectivity index (χ2v) is 3.15. The van der Waals surface area contributed by atoms with Gasteiger partial charge < -0.3 is 0 Å². The van der Waals surface area contributed by atoms with Gasteiger partial charge in [0.05, 0.1) is 5.75 Å². The summed E-state index contributed by atoms with van der Waals surface area (Å²) in [6.45, 7) is 1.71. The Labute approximate surface area is 56.1 Å². The van der Waals surface area contributed by atoms with Crippen molar-refractivity contribution in [3.05, 3.63) is 0 Å². The fourth-order valence-electron chi connectivity index (χ4n) is 0.281. The van der Waals surface area contributed by atoms with E-state index in [2.05, 4.69) is 0 Å². The molecule has 4 heteroatoms. The molecule has 3 nitrogen and oxygen atoms in total. The minimum absolute atomic E-state index is 0.118. The smallest absolute Gasteiger partial charge is 0.244 e. The molecule has 0 saturated carbocycles. The van der Waals surface area contributed by atoms with E-state index in [9.17, 15) is 9.00 Å². The summed E-state index contributed by atoms with van der Waals surface area (Å²) in [6.07, 6.45) is 0. The molecule has 0 amide bonds. The van der Waals surface area contributed by atoms with Crippen LogP contribution in [0.2, 0.25) is 0 Å². The predicted molar refractivity (Wildman–Crippen MR) is 34.2 cm³/mol. The maximum Gasteiger partial charge on any atom is 0.244 e. The Hall–Kier alpha value is -0.690. The molecule has 0 fully saturated rings. The molecule has 0 radical (unpaired) electrons. The van der Waals surface area contributed by atoms with Gasteiger partial charge in [0.1, 0.15) is 6.07 Å². The highest BCUT2D eigenvalue weighted by atomic mass is 32.2. The van der Waals surface area contributed by atoms with Crippen molar-refractivity contribution in [3.63, 3.8) is 0 Å². The van der Waals surface area contributed by atoms with Gasteiger partial charge in [-0.15, -0.1) is 0 Å². The van der Waals surface area contributed by atoms with E-state index in [0.717, 1.165) is 0 Å². The first kappa shape index (κ1) is 8.31. The summed E-state index contributed by atoms with van der Waals surface area (Å²) in [5.74, 6) is -0.282. The maximum atomic E-state index is 10.5. The Kier molecular flexibility index (Phi) is 3.89. The monoisotopic (exact) mass is 145 g/mol. The lowest BCUT2D eigenvalue weighted by Gasteiger charge is -1.87. The summed E-state index contributed by atoms with van der Waals surface area (Å²) in [6, 6.07) is 1.40. The van der Waals surface area contributed by atoms with E-state index in [0.29, 0.717) is 5.75 Å². The molecular formula is C5H7NO2S. The average molecular weight is 145 g/mol. The summed E-state index contributed by atoms with van der Waals surface area (Å²) >= 11 is 0. The molecule has 9 heavy (non-hydrogen) atoms. The van der Waals surface area contributed by atoms with Crippen LogP contribution in [0, 0.1) is 11.3 Å². The number of carbonyl (C=O) groups is 1. The topological polar surface area (TPSA) is 57.9 Å². The summed E-state index contributed by atoms with van der Waals surface area (Å²) in [4.78, 5) is 10.2. The highest BCUT2D eigenvalue weighted by Gasteiger charge is 2.02. The average Bonchev–Trinajstić information content (AvgIpc) is 1.87. The van der Waals surface area contributed by atoms with Crippen molar-refractivity contribution >= 4 is 16.6 Å². The van der Waals surface area contributed by atoms with Crippen LogP contribution >= 0.6 is 0 Å². The molecule has 0 aliphatic heterocycles. The minimum Gasteiger partial charge on any atom is -0.282 e. The standard InChI is InChI=1S/C5H7NO2S/c1-2-9(8)4-5(7)3-6/h2,4H2,1H3. The molecular weight excluding hydrogens is 138 g/mol. The Morgan fingerprint density at radius 3 is 2.67 bits per heavy atom. The van der Waals surface area contributed by atoms with Crippen LogP contribution in [0.25, 0.3) is 0 Å². The number of carbonyl (C=O) groups excluding carboxylic acids is 1. The zero-order valence-corrected chi connectivity index (χ0v) is 5.90. The van der Waals surface area contributed by atoms with Crippen LogP contribution in [0.15, 0.2) is 0 Å². The highest BCUT2D eigenvalue weighted by Crippen LogP contribution is 1.80. The lowest BCUT2D eigenvalue weighted by atomic mass is 10.5. The number of hydrogen-bond acceptors (Lipinski definition) is 3. The fourth-order valence-corrected chi connectivity index (χ4v) is 0.842. The molecule has 0 aromatic rings. The van der Waals surface area contributed by atoms with Crippen molar-refractivity contribution in [2.75, 3.05) is 11.5 Å². The summed E-state index contributed by atoms with van der Waals surface area (Å²) in [5, 5.41) is 7.95. The van der Waals surface area contributed by atoms with E-state index in [4.69, 9.17) is 5.26 Å². The molecule has 0 rings (SSSR count). The molecule has 0 bridgehead atoms. The molecule has 1 unspecified atom stereocenters. The molecule has 0 aliphatic carbocycles. The SMILES string of the molecule is CCS(=O)CC(=O)C#N. The van der Waals surface area contributed by atoms with Crippen molar-refractivity contribution in [1.82, 2.24) is 0 Å². The van der Waals surface area contributed by atoms with Crippen LogP contribution < -0.4 is 0 Å². The third-order valence-corrected chi connectivity index (χ3v) is 1.97. The van der Waals surface area contributed by atoms with E-state index in [-0.39, 0.29) is 5.75 Å². The Bertz CT molecular complexity index is 170. The fraction of sp³-hybridized carbons (Fsp3) is 0.600. The second kappa shape index (κ2) is 4.21. The first-order chi connectivity index (χ1) is 4.20. The number of Topliss-reactive ketones (excluding diaryl/α,β-unsaturated/α-hetero) is 1. The zero-order chi connectivity index (χ0) is 7.28. The van der Waals surface area contributed by atoms with Gasteiger partial charge in [0.2, 0.25) is 5.78 Å². The van der Waals surface area contributed by atoms with Crippen molar-refractivity contribution < 1.29 is 9.00 Å². The number of rotatable bonds is 3. The van der Waals surface area contributed by atoms with Gasteiger partial charge in [-0.2, -0.15) is 5.26 Å². The Balaban J connectivity index is 3.64. The molecule has 50 valence electrons. The van der Waals surface area contributed by atoms with Gasteiger partial charge in [0.15, 0.2) is 0 Å². The van der Waals surface area contributed by atoms with Crippen LogP contribution in [0.1, 0.15) is 6.92 Å². The quantitative estimate of drug-likeness (QED) is 0.519. The summed E-state index contributed by atoms with van der Waals surface area (Å²) < 4.78 is 10.5. The van der Waals surface area contributed by atoms with E-state index in [1.165, 1.54) is 6.07 Å². The van der Waals surface area contributed by atoms with Gasteiger partial charge in [0, 0.05) is 16.6 Å².